The number of carbonyl (C=O) groups excluding carboxylic acids is 1. The minimum absolute atomic E-state index is 0.0314. The quantitative estimate of drug-likeness (QED) is 0.250. The number of primary amides is 1. The molecule has 2 aromatic carbocycles. The summed E-state index contributed by atoms with van der Waals surface area (Å²) >= 11 is 0. The third-order valence-electron chi connectivity index (χ3n) is 5.64. The fourth-order valence-corrected chi connectivity index (χ4v) is 3.87. The monoisotopic (exact) mass is 428 g/mol. The topological polar surface area (TPSA) is 125 Å². The third kappa shape index (κ3) is 4.14. The number of carbonyl (C=O) groups is 1. The van der Waals surface area contributed by atoms with Gasteiger partial charge in [-0.3, -0.25) is 10.3 Å². The summed E-state index contributed by atoms with van der Waals surface area (Å²) in [5.41, 5.74) is 17.3. The summed E-state index contributed by atoms with van der Waals surface area (Å²) in [5, 5.41) is 8.82. The van der Waals surface area contributed by atoms with Crippen LogP contribution in [0, 0.1) is 5.41 Å². The molecule has 0 spiro atoms. The van der Waals surface area contributed by atoms with Crippen LogP contribution in [0.5, 0.6) is 0 Å². The van der Waals surface area contributed by atoms with Gasteiger partial charge in [0.25, 0.3) is 0 Å². The number of H-pyrrole nitrogens is 1. The highest BCUT2D eigenvalue weighted by atomic mass is 16.2. The van der Waals surface area contributed by atoms with Crippen LogP contribution in [-0.4, -0.2) is 32.8 Å². The van der Waals surface area contributed by atoms with Gasteiger partial charge < -0.3 is 16.5 Å². The molecule has 1 heterocycles. The maximum atomic E-state index is 12.1. The van der Waals surface area contributed by atoms with Crippen molar-refractivity contribution in [3.8, 4) is 22.6 Å². The van der Waals surface area contributed by atoms with Gasteiger partial charge in [0, 0.05) is 28.4 Å². The first-order valence-electron chi connectivity index (χ1n) is 10.8. The Bertz CT molecular complexity index is 1190. The number of aromatic amines is 1. The van der Waals surface area contributed by atoms with E-state index in [0.717, 1.165) is 41.5 Å². The number of amidine groups is 1. The zero-order valence-corrected chi connectivity index (χ0v) is 18.4. The van der Waals surface area contributed by atoms with Crippen LogP contribution in [-0.2, 0) is 0 Å². The van der Waals surface area contributed by atoms with Gasteiger partial charge in [0.1, 0.15) is 17.2 Å². The number of nitrogen functional groups attached to an aromatic ring is 1. The molecule has 0 unspecified atom stereocenters. The Balaban J connectivity index is 1.87. The second-order valence-corrected chi connectivity index (χ2v) is 8.06. The molecule has 4 rings (SSSR count). The van der Waals surface area contributed by atoms with E-state index in [2.05, 4.69) is 18.0 Å². The lowest BCUT2D eigenvalue weighted by Gasteiger charge is -2.20. The van der Waals surface area contributed by atoms with E-state index < -0.39 is 6.03 Å². The highest BCUT2D eigenvalue weighted by Crippen LogP contribution is 2.34. The third-order valence-corrected chi connectivity index (χ3v) is 5.64. The van der Waals surface area contributed by atoms with Crippen LogP contribution in [0.2, 0.25) is 0 Å². The lowest BCUT2D eigenvalue weighted by Crippen LogP contribution is -2.42. The van der Waals surface area contributed by atoms with E-state index in [1.165, 1.54) is 4.90 Å². The second-order valence-electron chi connectivity index (χ2n) is 8.06. The predicted octanol–water partition coefficient (Wildman–Crippen LogP) is 5.01. The summed E-state index contributed by atoms with van der Waals surface area (Å²) in [6, 6.07) is 14.8. The van der Waals surface area contributed by atoms with Crippen molar-refractivity contribution in [1.29, 1.82) is 5.41 Å². The molecule has 3 aromatic rings. The van der Waals surface area contributed by atoms with E-state index in [-0.39, 0.29) is 11.9 Å². The minimum atomic E-state index is -0.626. The number of benzene rings is 2. The maximum absolute atomic E-state index is 12.1. The zero-order valence-electron chi connectivity index (χ0n) is 18.4. The average Bonchev–Trinajstić information content (AvgIpc) is 3.50. The Morgan fingerprint density at radius 3 is 2.56 bits per heavy atom. The van der Waals surface area contributed by atoms with Crippen molar-refractivity contribution in [1.82, 2.24) is 14.9 Å². The number of hydrogen-bond donors (Lipinski definition) is 4. The maximum Gasteiger partial charge on any atom is 0.320 e. The molecule has 0 bridgehead atoms. The first kappa shape index (κ1) is 21.4. The summed E-state index contributed by atoms with van der Waals surface area (Å²) in [6.07, 6.45) is 4.71. The summed E-state index contributed by atoms with van der Waals surface area (Å²) in [6.45, 7) is 4.11. The van der Waals surface area contributed by atoms with Gasteiger partial charge in [-0.2, -0.15) is 0 Å². The second kappa shape index (κ2) is 8.70. The van der Waals surface area contributed by atoms with Gasteiger partial charge >= 0.3 is 6.03 Å². The van der Waals surface area contributed by atoms with Gasteiger partial charge in [-0.1, -0.05) is 49.4 Å². The molecule has 6 N–H and O–H groups in total. The zero-order chi connectivity index (χ0) is 22.8. The number of anilines is 1. The van der Waals surface area contributed by atoms with Gasteiger partial charge in [0.05, 0.1) is 0 Å². The van der Waals surface area contributed by atoms with E-state index in [1.807, 2.05) is 55.5 Å². The van der Waals surface area contributed by atoms with E-state index in [0.29, 0.717) is 22.9 Å². The molecule has 7 nitrogen and oxygen atoms in total. The predicted molar refractivity (Wildman–Crippen MR) is 129 cm³/mol. The first-order chi connectivity index (χ1) is 15.4. The largest absolute Gasteiger partial charge is 0.398 e. The molecule has 0 saturated heterocycles. The van der Waals surface area contributed by atoms with Crippen LogP contribution in [0.4, 0.5) is 10.5 Å². The fourth-order valence-electron chi connectivity index (χ4n) is 3.87. The molecular formula is C25H28N6O. The van der Waals surface area contributed by atoms with Crippen molar-refractivity contribution in [3.05, 3.63) is 65.9 Å². The number of hydrogen-bond acceptors (Lipinski definition) is 4. The fraction of sp³-hybridized carbons (Fsp3) is 0.240. The van der Waals surface area contributed by atoms with Crippen molar-refractivity contribution >= 4 is 23.1 Å². The van der Waals surface area contributed by atoms with Crippen molar-refractivity contribution in [2.24, 2.45) is 5.73 Å². The molecule has 1 aliphatic carbocycles. The molecular weight excluding hydrogens is 400 g/mol. The Hall–Kier alpha value is -3.87. The molecule has 164 valence electrons. The van der Waals surface area contributed by atoms with Crippen molar-refractivity contribution < 1.29 is 4.79 Å². The molecule has 1 aliphatic rings. The van der Waals surface area contributed by atoms with Gasteiger partial charge in [0.2, 0.25) is 0 Å². The van der Waals surface area contributed by atoms with Gasteiger partial charge in [-0.15, -0.1) is 0 Å². The molecule has 2 amide bonds. The summed E-state index contributed by atoms with van der Waals surface area (Å²) in [4.78, 5) is 21.6. The molecule has 1 aromatic heterocycles. The number of nitrogens with one attached hydrogen (secondary N) is 2. The Kier molecular flexibility index (Phi) is 5.81. The van der Waals surface area contributed by atoms with Gasteiger partial charge in [-0.25, -0.2) is 9.78 Å². The highest BCUT2D eigenvalue weighted by molar-refractivity contribution is 6.08. The van der Waals surface area contributed by atoms with Crippen molar-refractivity contribution in [2.75, 3.05) is 5.73 Å². The number of urea groups is 1. The molecule has 1 saturated carbocycles. The number of nitrogens with zero attached hydrogens (tertiary/aromatic N) is 2. The number of aromatic nitrogens is 2. The van der Waals surface area contributed by atoms with Crippen LogP contribution >= 0.6 is 0 Å². The van der Waals surface area contributed by atoms with Crippen LogP contribution in [0.1, 0.15) is 44.4 Å². The normalized spacial score (nSPS) is 13.8. The Morgan fingerprint density at radius 1 is 1.22 bits per heavy atom. The van der Waals surface area contributed by atoms with E-state index in [9.17, 15) is 4.79 Å². The molecule has 0 atom stereocenters. The smallest absolute Gasteiger partial charge is 0.320 e. The van der Waals surface area contributed by atoms with E-state index >= 15 is 0 Å². The minimum Gasteiger partial charge on any atom is -0.398 e. The standard InChI is InChI=1S/C25H28N6O/c1-3-7-15(2)19-14-17(10-13-20(19)26)21-22(23(27)31(25(28)32)18-11-12-18)30-24(29-21)16-8-5-4-6-9-16/h4-10,13-14,18,27H,3,11-12,26H2,1-2H3,(H2,28,32)(H,29,30)/b15-7+,27-23?. The van der Waals surface area contributed by atoms with Gasteiger partial charge in [0.15, 0.2) is 5.84 Å². The summed E-state index contributed by atoms with van der Waals surface area (Å²) in [5.74, 6) is 0.656. The molecule has 7 heteroatoms. The summed E-state index contributed by atoms with van der Waals surface area (Å²) in [7, 11) is 0. The Labute approximate surface area is 187 Å². The lowest BCUT2D eigenvalue weighted by atomic mass is 9.99. The van der Waals surface area contributed by atoms with Crippen LogP contribution in [0.3, 0.4) is 0 Å². The van der Waals surface area contributed by atoms with Crippen LogP contribution in [0.25, 0.3) is 28.2 Å². The SMILES string of the molecule is CC/C=C(\C)c1cc(-c2nc(-c3ccccc3)[nH]c2C(=N)N(C(N)=O)C2CC2)ccc1N. The van der Waals surface area contributed by atoms with Gasteiger partial charge in [-0.05, 0) is 43.9 Å². The number of nitrogens with two attached hydrogens (primary N) is 2. The lowest BCUT2D eigenvalue weighted by molar-refractivity contribution is 0.228. The number of rotatable bonds is 6. The van der Waals surface area contributed by atoms with Crippen molar-refractivity contribution in [3.63, 3.8) is 0 Å². The molecule has 1 fully saturated rings. The molecule has 0 radical (unpaired) electrons. The molecule has 0 aliphatic heterocycles. The number of amides is 2. The van der Waals surface area contributed by atoms with Crippen LogP contribution < -0.4 is 11.5 Å². The number of imidazole rings is 1. The van der Waals surface area contributed by atoms with E-state index in [4.69, 9.17) is 21.9 Å². The highest BCUT2D eigenvalue weighted by Gasteiger charge is 2.36. The van der Waals surface area contributed by atoms with E-state index in [1.54, 1.807) is 0 Å². The average molecular weight is 429 g/mol. The van der Waals surface area contributed by atoms with Crippen LogP contribution in [0.15, 0.2) is 54.6 Å². The number of allylic oxidation sites excluding steroid dienone is 2. The summed E-state index contributed by atoms with van der Waals surface area (Å²) < 4.78 is 0. The van der Waals surface area contributed by atoms with Crippen molar-refractivity contribution in [2.45, 2.75) is 39.2 Å². The molecule has 32 heavy (non-hydrogen) atoms. The first-order valence-corrected chi connectivity index (χ1v) is 10.8. The Morgan fingerprint density at radius 2 is 1.94 bits per heavy atom.